The van der Waals surface area contributed by atoms with Crippen LogP contribution in [0.2, 0.25) is 0 Å². The van der Waals surface area contributed by atoms with Gasteiger partial charge in [-0.1, -0.05) is 20.3 Å². The predicted octanol–water partition coefficient (Wildman–Crippen LogP) is 2.35. The fourth-order valence-corrected chi connectivity index (χ4v) is 1.51. The zero-order valence-corrected chi connectivity index (χ0v) is 10.5. The summed E-state index contributed by atoms with van der Waals surface area (Å²) in [5, 5.41) is 3.34. The molecule has 3 heteroatoms. The van der Waals surface area contributed by atoms with Gasteiger partial charge in [0.05, 0.1) is 13.0 Å². The van der Waals surface area contributed by atoms with E-state index >= 15 is 0 Å². The smallest absolute Gasteiger partial charge is 0.307 e. The van der Waals surface area contributed by atoms with Crippen LogP contribution in [-0.2, 0) is 9.53 Å². The van der Waals surface area contributed by atoms with Crippen molar-refractivity contribution in [3.63, 3.8) is 0 Å². The van der Waals surface area contributed by atoms with E-state index in [-0.39, 0.29) is 5.97 Å². The Morgan fingerprint density at radius 1 is 1.33 bits per heavy atom. The molecular weight excluding hydrogens is 190 g/mol. The van der Waals surface area contributed by atoms with Gasteiger partial charge in [0.2, 0.25) is 0 Å². The molecule has 3 nitrogen and oxygen atoms in total. The summed E-state index contributed by atoms with van der Waals surface area (Å²) in [5.41, 5.74) is 0. The highest BCUT2D eigenvalue weighted by Gasteiger charge is 2.07. The first-order chi connectivity index (χ1) is 7.10. The Morgan fingerprint density at radius 2 is 2.00 bits per heavy atom. The summed E-state index contributed by atoms with van der Waals surface area (Å²) in [6.45, 7) is 9.64. The third-order valence-electron chi connectivity index (χ3n) is 2.58. The largest absolute Gasteiger partial charge is 0.466 e. The molecule has 0 spiro atoms. The summed E-state index contributed by atoms with van der Waals surface area (Å²) in [5.74, 6) is 0.635. The number of ether oxygens (including phenoxy) is 1. The van der Waals surface area contributed by atoms with E-state index in [1.807, 2.05) is 6.92 Å². The highest BCUT2D eigenvalue weighted by Crippen LogP contribution is 2.09. The molecule has 0 aromatic carbocycles. The maximum atomic E-state index is 11.0. The number of carbonyl (C=O) groups excluding carboxylic acids is 1. The SMILES string of the molecule is CCOC(=O)CCNC(C)CC(C)CC. The van der Waals surface area contributed by atoms with Crippen molar-refractivity contribution in [2.45, 2.75) is 53.0 Å². The normalized spacial score (nSPS) is 14.7. The van der Waals surface area contributed by atoms with E-state index in [0.717, 1.165) is 12.5 Å². The number of carbonyl (C=O) groups is 1. The molecule has 0 aliphatic carbocycles. The van der Waals surface area contributed by atoms with Crippen molar-refractivity contribution in [2.24, 2.45) is 5.92 Å². The Morgan fingerprint density at radius 3 is 2.53 bits per heavy atom. The van der Waals surface area contributed by atoms with Crippen molar-refractivity contribution in [1.82, 2.24) is 5.32 Å². The van der Waals surface area contributed by atoms with Crippen molar-refractivity contribution >= 4 is 5.97 Å². The molecule has 90 valence electrons. The molecule has 0 saturated carbocycles. The van der Waals surface area contributed by atoms with E-state index in [2.05, 4.69) is 26.1 Å². The van der Waals surface area contributed by atoms with Crippen LogP contribution in [0.25, 0.3) is 0 Å². The molecule has 15 heavy (non-hydrogen) atoms. The lowest BCUT2D eigenvalue weighted by Gasteiger charge is -2.17. The molecule has 0 rings (SSSR count). The Balaban J connectivity index is 3.46. The average Bonchev–Trinajstić information content (AvgIpc) is 2.18. The molecule has 0 saturated heterocycles. The summed E-state index contributed by atoms with van der Waals surface area (Å²) < 4.78 is 4.85. The van der Waals surface area contributed by atoms with Gasteiger partial charge in [0.25, 0.3) is 0 Å². The molecule has 0 radical (unpaired) electrons. The van der Waals surface area contributed by atoms with Gasteiger partial charge in [-0.3, -0.25) is 4.79 Å². The van der Waals surface area contributed by atoms with Gasteiger partial charge in [-0.2, -0.15) is 0 Å². The summed E-state index contributed by atoms with van der Waals surface area (Å²) in [7, 11) is 0. The predicted molar refractivity (Wildman–Crippen MR) is 62.8 cm³/mol. The molecule has 2 atom stereocenters. The number of esters is 1. The molecule has 0 amide bonds. The summed E-state index contributed by atoms with van der Waals surface area (Å²) in [6, 6.07) is 0.481. The molecule has 0 heterocycles. The maximum Gasteiger partial charge on any atom is 0.307 e. The minimum Gasteiger partial charge on any atom is -0.466 e. The third-order valence-corrected chi connectivity index (χ3v) is 2.58. The van der Waals surface area contributed by atoms with Crippen LogP contribution in [0.4, 0.5) is 0 Å². The van der Waals surface area contributed by atoms with Crippen molar-refractivity contribution in [3.8, 4) is 0 Å². The van der Waals surface area contributed by atoms with Crippen molar-refractivity contribution in [1.29, 1.82) is 0 Å². The minimum absolute atomic E-state index is 0.110. The van der Waals surface area contributed by atoms with Gasteiger partial charge in [0.15, 0.2) is 0 Å². The molecule has 1 N–H and O–H groups in total. The highest BCUT2D eigenvalue weighted by molar-refractivity contribution is 5.69. The fourth-order valence-electron chi connectivity index (χ4n) is 1.51. The quantitative estimate of drug-likeness (QED) is 0.632. The van der Waals surface area contributed by atoms with Gasteiger partial charge in [-0.05, 0) is 26.2 Å². The fraction of sp³-hybridized carbons (Fsp3) is 0.917. The van der Waals surface area contributed by atoms with Gasteiger partial charge in [-0.25, -0.2) is 0 Å². The summed E-state index contributed by atoms with van der Waals surface area (Å²) >= 11 is 0. The van der Waals surface area contributed by atoms with E-state index < -0.39 is 0 Å². The number of hydrogen-bond donors (Lipinski definition) is 1. The molecule has 2 unspecified atom stereocenters. The Kier molecular flexibility index (Phi) is 8.38. The average molecular weight is 215 g/mol. The second-order valence-corrected chi connectivity index (χ2v) is 4.16. The van der Waals surface area contributed by atoms with Crippen LogP contribution in [0.1, 0.15) is 47.0 Å². The first-order valence-electron chi connectivity index (χ1n) is 5.99. The lowest BCUT2D eigenvalue weighted by atomic mass is 10.0. The van der Waals surface area contributed by atoms with E-state index in [1.165, 1.54) is 12.8 Å². The molecule has 0 aliphatic heterocycles. The van der Waals surface area contributed by atoms with Crippen LogP contribution in [-0.4, -0.2) is 25.2 Å². The zero-order valence-electron chi connectivity index (χ0n) is 10.5. The van der Waals surface area contributed by atoms with Crippen LogP contribution in [0.15, 0.2) is 0 Å². The van der Waals surface area contributed by atoms with E-state index in [0.29, 0.717) is 19.1 Å². The summed E-state index contributed by atoms with van der Waals surface area (Å²) in [6.07, 6.45) is 2.85. The molecule has 0 aliphatic rings. The molecular formula is C12H25NO2. The van der Waals surface area contributed by atoms with E-state index in [9.17, 15) is 4.79 Å². The second kappa shape index (κ2) is 8.72. The van der Waals surface area contributed by atoms with Gasteiger partial charge in [-0.15, -0.1) is 0 Å². The van der Waals surface area contributed by atoms with Gasteiger partial charge in [0, 0.05) is 12.6 Å². The van der Waals surface area contributed by atoms with Crippen molar-refractivity contribution in [2.75, 3.05) is 13.2 Å². The van der Waals surface area contributed by atoms with Crippen molar-refractivity contribution in [3.05, 3.63) is 0 Å². The topological polar surface area (TPSA) is 38.3 Å². The standard InChI is InChI=1S/C12H25NO2/c1-5-10(3)9-11(4)13-8-7-12(14)15-6-2/h10-11,13H,5-9H2,1-4H3. The Bertz CT molecular complexity index is 171. The van der Waals surface area contributed by atoms with Crippen LogP contribution in [0.5, 0.6) is 0 Å². The van der Waals surface area contributed by atoms with Gasteiger partial charge < -0.3 is 10.1 Å². The second-order valence-electron chi connectivity index (χ2n) is 4.16. The van der Waals surface area contributed by atoms with E-state index in [4.69, 9.17) is 4.74 Å². The van der Waals surface area contributed by atoms with Crippen LogP contribution < -0.4 is 5.32 Å². The maximum absolute atomic E-state index is 11.0. The molecule has 0 aromatic heterocycles. The zero-order chi connectivity index (χ0) is 11.7. The van der Waals surface area contributed by atoms with Crippen molar-refractivity contribution < 1.29 is 9.53 Å². The van der Waals surface area contributed by atoms with Crippen LogP contribution >= 0.6 is 0 Å². The minimum atomic E-state index is -0.110. The van der Waals surface area contributed by atoms with Crippen LogP contribution in [0, 0.1) is 5.92 Å². The first-order valence-corrected chi connectivity index (χ1v) is 5.99. The Labute approximate surface area is 93.6 Å². The third kappa shape index (κ3) is 8.43. The number of hydrogen-bond acceptors (Lipinski definition) is 3. The first kappa shape index (κ1) is 14.4. The molecule has 0 aromatic rings. The molecule has 0 bridgehead atoms. The van der Waals surface area contributed by atoms with E-state index in [1.54, 1.807) is 0 Å². The number of nitrogens with one attached hydrogen (secondary N) is 1. The molecule has 0 fully saturated rings. The lowest BCUT2D eigenvalue weighted by molar-refractivity contribution is -0.142. The van der Waals surface area contributed by atoms with Crippen LogP contribution in [0.3, 0.4) is 0 Å². The lowest BCUT2D eigenvalue weighted by Crippen LogP contribution is -2.30. The van der Waals surface area contributed by atoms with Gasteiger partial charge >= 0.3 is 5.97 Å². The monoisotopic (exact) mass is 215 g/mol. The Hall–Kier alpha value is -0.570. The number of rotatable bonds is 8. The highest BCUT2D eigenvalue weighted by atomic mass is 16.5. The summed E-state index contributed by atoms with van der Waals surface area (Å²) in [4.78, 5) is 11.0. The van der Waals surface area contributed by atoms with Gasteiger partial charge in [0.1, 0.15) is 0 Å².